The number of aliphatic hydroxyl groups excluding tert-OH is 1. The molecule has 1 atom stereocenters. The number of amides is 3. The summed E-state index contributed by atoms with van der Waals surface area (Å²) in [6, 6.07) is 0. The van der Waals surface area contributed by atoms with Crippen molar-refractivity contribution in [2.75, 3.05) is 6.54 Å². The number of carbonyl (C=O) groups is 4. The second-order valence-electron chi connectivity index (χ2n) is 4.59. The number of hydrogen-bond donors (Lipinski definition) is 1. The Hall–Kier alpha value is -2.22. The summed E-state index contributed by atoms with van der Waals surface area (Å²) in [5, 5.41) is 10.1. The molecule has 2 heterocycles. The van der Waals surface area contributed by atoms with Gasteiger partial charge in [0.2, 0.25) is 5.91 Å². The van der Waals surface area contributed by atoms with E-state index in [1.54, 1.807) is 6.92 Å². The van der Waals surface area contributed by atoms with Crippen LogP contribution in [-0.2, 0) is 24.0 Å². The second kappa shape index (κ2) is 5.41. The van der Waals surface area contributed by atoms with Crippen LogP contribution in [0.1, 0.15) is 26.2 Å². The highest BCUT2D eigenvalue weighted by Gasteiger charge is 2.33. The number of imide groups is 1. The third-order valence-electron chi connectivity index (χ3n) is 3.09. The standard InChI is InChI=1S/C12H14N2O6/c1-7-6-10(17)13(12(7)19)5-4-11(18)20-14-8(15)2-3-9(14)16/h6,12,19H,2-5H2,1H3. The number of rotatable bonds is 4. The topological polar surface area (TPSA) is 104 Å². The van der Waals surface area contributed by atoms with Crippen molar-refractivity contribution in [3.8, 4) is 0 Å². The molecule has 2 aliphatic rings. The van der Waals surface area contributed by atoms with Gasteiger partial charge in [-0.25, -0.2) is 4.79 Å². The molecule has 1 unspecified atom stereocenters. The van der Waals surface area contributed by atoms with Gasteiger partial charge >= 0.3 is 5.97 Å². The Morgan fingerprint density at radius 2 is 1.95 bits per heavy atom. The summed E-state index contributed by atoms with van der Waals surface area (Å²) >= 11 is 0. The Bertz CT molecular complexity index is 496. The summed E-state index contributed by atoms with van der Waals surface area (Å²) in [7, 11) is 0. The second-order valence-corrected chi connectivity index (χ2v) is 4.59. The van der Waals surface area contributed by atoms with E-state index in [1.807, 2.05) is 0 Å². The first-order valence-corrected chi connectivity index (χ1v) is 6.13. The van der Waals surface area contributed by atoms with E-state index >= 15 is 0 Å². The van der Waals surface area contributed by atoms with Crippen LogP contribution in [-0.4, -0.2) is 51.5 Å². The first-order valence-electron chi connectivity index (χ1n) is 6.13. The lowest BCUT2D eigenvalue weighted by Gasteiger charge is -2.21. The molecule has 0 radical (unpaired) electrons. The van der Waals surface area contributed by atoms with Crippen molar-refractivity contribution < 1.29 is 29.1 Å². The van der Waals surface area contributed by atoms with Gasteiger partial charge in [-0.15, -0.1) is 5.06 Å². The molecular formula is C12H14N2O6. The zero-order valence-electron chi connectivity index (χ0n) is 10.9. The van der Waals surface area contributed by atoms with Crippen molar-refractivity contribution in [1.29, 1.82) is 0 Å². The maximum atomic E-state index is 11.5. The SMILES string of the molecule is CC1=CC(=O)N(CCC(=O)ON2C(=O)CCC2=O)C1O. The molecule has 2 aliphatic heterocycles. The first-order chi connectivity index (χ1) is 9.40. The van der Waals surface area contributed by atoms with E-state index in [9.17, 15) is 24.3 Å². The summed E-state index contributed by atoms with van der Waals surface area (Å²) in [5.41, 5.74) is 0.494. The van der Waals surface area contributed by atoms with Crippen molar-refractivity contribution in [2.45, 2.75) is 32.4 Å². The Morgan fingerprint density at radius 1 is 1.35 bits per heavy atom. The van der Waals surface area contributed by atoms with E-state index in [1.165, 1.54) is 6.08 Å². The largest absolute Gasteiger partial charge is 0.369 e. The highest BCUT2D eigenvalue weighted by atomic mass is 16.7. The molecule has 0 aliphatic carbocycles. The van der Waals surface area contributed by atoms with Crippen molar-refractivity contribution in [1.82, 2.24) is 9.96 Å². The average Bonchev–Trinajstić information content (AvgIpc) is 2.82. The quantitative estimate of drug-likeness (QED) is 0.669. The van der Waals surface area contributed by atoms with Crippen LogP contribution in [0.3, 0.4) is 0 Å². The summed E-state index contributed by atoms with van der Waals surface area (Å²) in [6.07, 6.45) is 0.0621. The predicted molar refractivity (Wildman–Crippen MR) is 63.3 cm³/mol. The number of carbonyl (C=O) groups excluding carboxylic acids is 4. The first kappa shape index (κ1) is 14.2. The van der Waals surface area contributed by atoms with E-state index < -0.39 is 29.9 Å². The number of hydrogen-bond acceptors (Lipinski definition) is 6. The average molecular weight is 282 g/mol. The van der Waals surface area contributed by atoms with Gasteiger partial charge in [0.05, 0.1) is 6.42 Å². The smallest absolute Gasteiger partial charge is 0.334 e. The van der Waals surface area contributed by atoms with E-state index in [4.69, 9.17) is 0 Å². The highest BCUT2D eigenvalue weighted by Crippen LogP contribution is 2.17. The van der Waals surface area contributed by atoms with Gasteiger partial charge in [0, 0.05) is 25.5 Å². The Balaban J connectivity index is 1.83. The minimum absolute atomic E-state index is 0.0263. The zero-order valence-corrected chi connectivity index (χ0v) is 10.9. The summed E-state index contributed by atoms with van der Waals surface area (Å²) in [4.78, 5) is 51.3. The summed E-state index contributed by atoms with van der Waals surface area (Å²) < 4.78 is 0. The fraction of sp³-hybridized carbons (Fsp3) is 0.500. The maximum Gasteiger partial charge on any atom is 0.334 e. The van der Waals surface area contributed by atoms with Gasteiger partial charge in [-0.05, 0) is 12.5 Å². The number of nitrogens with zero attached hydrogens (tertiary/aromatic N) is 2. The van der Waals surface area contributed by atoms with E-state index in [2.05, 4.69) is 4.84 Å². The monoisotopic (exact) mass is 282 g/mol. The highest BCUT2D eigenvalue weighted by molar-refractivity contribution is 6.01. The van der Waals surface area contributed by atoms with Crippen LogP contribution in [0.2, 0.25) is 0 Å². The summed E-state index contributed by atoms with van der Waals surface area (Å²) in [5.74, 6) is -2.31. The predicted octanol–water partition coefficient (Wildman–Crippen LogP) is -0.909. The molecule has 0 saturated carbocycles. The van der Waals surface area contributed by atoms with Crippen LogP contribution in [0.25, 0.3) is 0 Å². The van der Waals surface area contributed by atoms with Gasteiger partial charge in [0.15, 0.2) is 6.23 Å². The molecule has 0 aromatic carbocycles. The van der Waals surface area contributed by atoms with E-state index in [-0.39, 0.29) is 25.8 Å². The minimum Gasteiger partial charge on any atom is -0.369 e. The Morgan fingerprint density at radius 3 is 2.45 bits per heavy atom. The molecule has 108 valence electrons. The Kier molecular flexibility index (Phi) is 3.84. The van der Waals surface area contributed by atoms with Crippen LogP contribution >= 0.6 is 0 Å². The van der Waals surface area contributed by atoms with Gasteiger partial charge in [-0.2, -0.15) is 0 Å². The van der Waals surface area contributed by atoms with Gasteiger partial charge in [0.1, 0.15) is 0 Å². The lowest BCUT2D eigenvalue weighted by molar-refractivity contribution is -0.197. The maximum absolute atomic E-state index is 11.5. The molecular weight excluding hydrogens is 268 g/mol. The molecule has 1 fully saturated rings. The molecule has 0 bridgehead atoms. The zero-order chi connectivity index (χ0) is 14.9. The molecule has 0 aromatic heterocycles. The third kappa shape index (κ3) is 2.69. The molecule has 20 heavy (non-hydrogen) atoms. The van der Waals surface area contributed by atoms with Crippen LogP contribution in [0, 0.1) is 0 Å². The molecule has 3 amide bonds. The Labute approximate surface area is 114 Å². The normalized spacial score (nSPS) is 22.6. The molecule has 1 N–H and O–H groups in total. The van der Waals surface area contributed by atoms with Crippen molar-refractivity contribution in [2.24, 2.45) is 0 Å². The lowest BCUT2D eigenvalue weighted by atomic mass is 10.3. The minimum atomic E-state index is -1.05. The van der Waals surface area contributed by atoms with Crippen molar-refractivity contribution >= 4 is 23.7 Å². The lowest BCUT2D eigenvalue weighted by Crippen LogP contribution is -2.38. The van der Waals surface area contributed by atoms with Gasteiger partial charge in [0.25, 0.3) is 11.8 Å². The van der Waals surface area contributed by atoms with Crippen molar-refractivity contribution in [3.05, 3.63) is 11.6 Å². The van der Waals surface area contributed by atoms with Crippen LogP contribution in [0.15, 0.2) is 11.6 Å². The van der Waals surface area contributed by atoms with Gasteiger partial charge in [-0.1, -0.05) is 0 Å². The van der Waals surface area contributed by atoms with E-state index in [0.717, 1.165) is 4.90 Å². The van der Waals surface area contributed by atoms with E-state index in [0.29, 0.717) is 10.6 Å². The molecule has 2 rings (SSSR count). The van der Waals surface area contributed by atoms with Crippen LogP contribution in [0.5, 0.6) is 0 Å². The van der Waals surface area contributed by atoms with Gasteiger partial charge in [-0.3, -0.25) is 14.4 Å². The third-order valence-corrected chi connectivity index (χ3v) is 3.09. The molecule has 0 spiro atoms. The summed E-state index contributed by atoms with van der Waals surface area (Å²) in [6.45, 7) is 1.55. The van der Waals surface area contributed by atoms with Crippen LogP contribution < -0.4 is 0 Å². The van der Waals surface area contributed by atoms with Crippen molar-refractivity contribution in [3.63, 3.8) is 0 Å². The molecule has 1 saturated heterocycles. The van der Waals surface area contributed by atoms with Crippen LogP contribution in [0.4, 0.5) is 0 Å². The molecule has 8 heteroatoms. The fourth-order valence-electron chi connectivity index (χ4n) is 1.97. The fourth-order valence-corrected chi connectivity index (χ4v) is 1.97. The molecule has 8 nitrogen and oxygen atoms in total. The number of aliphatic hydroxyl groups is 1. The van der Waals surface area contributed by atoms with Gasteiger partial charge < -0.3 is 14.8 Å². The number of hydroxylamine groups is 2. The molecule has 0 aromatic rings.